The molecule has 98 valence electrons. The summed E-state index contributed by atoms with van der Waals surface area (Å²) in [5.74, 6) is 0.491. The second-order valence-electron chi connectivity index (χ2n) is 3.61. The van der Waals surface area contributed by atoms with E-state index in [4.69, 9.17) is 4.52 Å². The van der Waals surface area contributed by atoms with E-state index in [1.165, 1.54) is 0 Å². The van der Waals surface area contributed by atoms with Crippen LogP contribution in [0.25, 0.3) is 0 Å². The number of rotatable bonds is 6. The lowest BCUT2D eigenvalue weighted by molar-refractivity contribution is -0.178. The van der Waals surface area contributed by atoms with Gasteiger partial charge in [-0.1, -0.05) is 5.16 Å². The van der Waals surface area contributed by atoms with Crippen LogP contribution in [0.5, 0.6) is 0 Å². The molecule has 1 rings (SSSR count). The van der Waals surface area contributed by atoms with Crippen molar-refractivity contribution in [2.45, 2.75) is 32.2 Å². The van der Waals surface area contributed by atoms with Crippen LogP contribution in [0.2, 0.25) is 0 Å². The van der Waals surface area contributed by atoms with Gasteiger partial charge >= 0.3 is 6.18 Å². The Balaban J connectivity index is 2.36. The number of hydrogen-bond donors (Lipinski definition) is 1. The van der Waals surface area contributed by atoms with Gasteiger partial charge in [0.25, 0.3) is 5.89 Å². The number of nitrogens with one attached hydrogen (secondary N) is 1. The summed E-state index contributed by atoms with van der Waals surface area (Å²) in [6.07, 6.45) is -3.80. The molecular formula is C9H14F3N3O2. The summed E-state index contributed by atoms with van der Waals surface area (Å²) in [6, 6.07) is 0.163. The number of likely N-dealkylation sites (N-methyl/N-ethyl adjacent to an activating group) is 1. The third kappa shape index (κ3) is 5.64. The molecule has 1 heterocycles. The Kier molecular flexibility index (Phi) is 4.88. The Labute approximate surface area is 96.3 Å². The van der Waals surface area contributed by atoms with Crippen molar-refractivity contribution < 1.29 is 22.4 Å². The molecule has 0 aliphatic heterocycles. The van der Waals surface area contributed by atoms with E-state index < -0.39 is 12.8 Å². The summed E-state index contributed by atoms with van der Waals surface area (Å²) in [6.45, 7) is 0.272. The van der Waals surface area contributed by atoms with Gasteiger partial charge in [-0.2, -0.15) is 18.2 Å². The minimum Gasteiger partial charge on any atom is -0.362 e. The lowest BCUT2D eigenvalue weighted by atomic mass is 10.2. The first-order chi connectivity index (χ1) is 7.90. The predicted octanol–water partition coefficient (Wildman–Crippen LogP) is 1.30. The van der Waals surface area contributed by atoms with Crippen molar-refractivity contribution >= 4 is 0 Å². The molecule has 8 heteroatoms. The molecule has 1 atom stereocenters. The number of aromatic nitrogens is 2. The molecule has 1 aromatic heterocycles. The summed E-state index contributed by atoms with van der Waals surface area (Å²) in [7, 11) is 1.79. The lowest BCUT2D eigenvalue weighted by Gasteiger charge is -2.05. The zero-order chi connectivity index (χ0) is 12.9. The Morgan fingerprint density at radius 2 is 2.18 bits per heavy atom. The van der Waals surface area contributed by atoms with Crippen LogP contribution in [0.1, 0.15) is 18.6 Å². The first-order valence-corrected chi connectivity index (χ1v) is 5.04. The second kappa shape index (κ2) is 5.97. The van der Waals surface area contributed by atoms with Crippen LogP contribution < -0.4 is 5.32 Å². The smallest absolute Gasteiger partial charge is 0.362 e. The second-order valence-corrected chi connectivity index (χ2v) is 3.61. The summed E-state index contributed by atoms with van der Waals surface area (Å²) in [4.78, 5) is 3.91. The maximum Gasteiger partial charge on any atom is 0.411 e. The van der Waals surface area contributed by atoms with E-state index in [0.717, 1.165) is 0 Å². The van der Waals surface area contributed by atoms with Crippen molar-refractivity contribution in [2.24, 2.45) is 0 Å². The highest BCUT2D eigenvalue weighted by Gasteiger charge is 2.27. The largest absolute Gasteiger partial charge is 0.411 e. The average molecular weight is 253 g/mol. The minimum absolute atomic E-state index is 0.0487. The molecule has 0 bridgehead atoms. The fourth-order valence-corrected chi connectivity index (χ4v) is 1.06. The van der Waals surface area contributed by atoms with Crippen molar-refractivity contribution in [1.82, 2.24) is 15.5 Å². The molecule has 0 saturated carbocycles. The molecule has 0 radical (unpaired) electrons. The molecule has 0 aromatic carbocycles. The Bertz CT molecular complexity index is 340. The number of nitrogens with zero attached hydrogens (tertiary/aromatic N) is 2. The van der Waals surface area contributed by atoms with Gasteiger partial charge in [-0.15, -0.1) is 0 Å². The molecule has 0 spiro atoms. The molecule has 0 fully saturated rings. The Morgan fingerprint density at radius 3 is 2.76 bits per heavy atom. The van der Waals surface area contributed by atoms with Crippen LogP contribution in [0.4, 0.5) is 13.2 Å². The van der Waals surface area contributed by atoms with E-state index in [2.05, 4.69) is 20.2 Å². The van der Waals surface area contributed by atoms with Crippen LogP contribution >= 0.6 is 0 Å². The Morgan fingerprint density at radius 1 is 1.47 bits per heavy atom. The van der Waals surface area contributed by atoms with Crippen LogP contribution in [0.15, 0.2) is 4.52 Å². The van der Waals surface area contributed by atoms with E-state index in [0.29, 0.717) is 12.2 Å². The van der Waals surface area contributed by atoms with E-state index in [1.54, 1.807) is 7.05 Å². The molecule has 17 heavy (non-hydrogen) atoms. The molecule has 5 nitrogen and oxygen atoms in total. The van der Waals surface area contributed by atoms with Gasteiger partial charge in [0.2, 0.25) is 0 Å². The topological polar surface area (TPSA) is 60.2 Å². The van der Waals surface area contributed by atoms with Gasteiger partial charge in [0.15, 0.2) is 5.82 Å². The van der Waals surface area contributed by atoms with E-state index >= 15 is 0 Å². The zero-order valence-electron chi connectivity index (χ0n) is 9.54. The summed E-state index contributed by atoms with van der Waals surface area (Å²) >= 11 is 0. The number of alkyl halides is 3. The zero-order valence-corrected chi connectivity index (χ0v) is 9.54. The van der Waals surface area contributed by atoms with Crippen molar-refractivity contribution in [3.63, 3.8) is 0 Å². The normalized spacial score (nSPS) is 13.9. The van der Waals surface area contributed by atoms with E-state index in [9.17, 15) is 13.2 Å². The van der Waals surface area contributed by atoms with Gasteiger partial charge in [0.1, 0.15) is 13.2 Å². The first-order valence-electron chi connectivity index (χ1n) is 5.04. The van der Waals surface area contributed by atoms with Crippen molar-refractivity contribution in [3.05, 3.63) is 11.7 Å². The van der Waals surface area contributed by atoms with Gasteiger partial charge in [-0.3, -0.25) is 0 Å². The molecular weight excluding hydrogens is 239 g/mol. The third-order valence-corrected chi connectivity index (χ3v) is 1.98. The van der Waals surface area contributed by atoms with E-state index in [-0.39, 0.29) is 18.5 Å². The molecule has 1 unspecified atom stereocenters. The highest BCUT2D eigenvalue weighted by atomic mass is 19.4. The fourth-order valence-electron chi connectivity index (χ4n) is 1.06. The van der Waals surface area contributed by atoms with Gasteiger partial charge in [-0.25, -0.2) is 0 Å². The standard InChI is InChI=1S/C9H14F3N3O2/c1-6(13-2)3-7-14-8(17-15-7)4-16-5-9(10,11)12/h6,13H,3-5H2,1-2H3. The first kappa shape index (κ1) is 13.9. The van der Waals surface area contributed by atoms with Gasteiger partial charge in [-0.05, 0) is 14.0 Å². The van der Waals surface area contributed by atoms with Gasteiger partial charge < -0.3 is 14.6 Å². The Hall–Kier alpha value is -1.15. The van der Waals surface area contributed by atoms with Crippen LogP contribution in [0, 0.1) is 0 Å². The average Bonchev–Trinajstić information content (AvgIpc) is 2.63. The molecule has 1 aromatic rings. The minimum atomic E-state index is -4.34. The predicted molar refractivity (Wildman–Crippen MR) is 52.2 cm³/mol. The monoisotopic (exact) mass is 253 g/mol. The van der Waals surface area contributed by atoms with Crippen molar-refractivity contribution in [3.8, 4) is 0 Å². The van der Waals surface area contributed by atoms with Crippen molar-refractivity contribution in [2.75, 3.05) is 13.7 Å². The summed E-state index contributed by atoms with van der Waals surface area (Å²) < 4.78 is 44.5. The lowest BCUT2D eigenvalue weighted by Crippen LogP contribution is -2.24. The van der Waals surface area contributed by atoms with Crippen LogP contribution in [-0.2, 0) is 17.8 Å². The molecule has 1 N–H and O–H groups in total. The maximum atomic E-state index is 11.8. The van der Waals surface area contributed by atoms with Crippen LogP contribution in [0.3, 0.4) is 0 Å². The molecule has 0 amide bonds. The number of hydrogen-bond acceptors (Lipinski definition) is 5. The number of halogens is 3. The fraction of sp³-hybridized carbons (Fsp3) is 0.778. The van der Waals surface area contributed by atoms with Crippen molar-refractivity contribution in [1.29, 1.82) is 0 Å². The van der Waals surface area contributed by atoms with Crippen LogP contribution in [-0.4, -0.2) is 36.0 Å². The quantitative estimate of drug-likeness (QED) is 0.828. The summed E-state index contributed by atoms with van der Waals surface area (Å²) in [5.41, 5.74) is 0. The highest BCUT2D eigenvalue weighted by molar-refractivity contribution is 4.88. The summed E-state index contributed by atoms with van der Waals surface area (Å²) in [5, 5.41) is 6.62. The van der Waals surface area contributed by atoms with Gasteiger partial charge in [0.05, 0.1) is 0 Å². The van der Waals surface area contributed by atoms with Gasteiger partial charge in [0, 0.05) is 12.5 Å². The number of ether oxygens (including phenoxy) is 1. The SMILES string of the molecule is CNC(C)Cc1noc(COCC(F)(F)F)n1. The third-order valence-electron chi connectivity index (χ3n) is 1.98. The maximum absolute atomic E-state index is 11.8. The molecule has 0 saturated heterocycles. The molecule has 0 aliphatic rings. The molecule has 0 aliphatic carbocycles. The highest BCUT2D eigenvalue weighted by Crippen LogP contribution is 2.15. The van der Waals surface area contributed by atoms with E-state index in [1.807, 2.05) is 6.92 Å².